The quantitative estimate of drug-likeness (QED) is 0.702. The van der Waals surface area contributed by atoms with Crippen molar-refractivity contribution in [2.24, 2.45) is 11.3 Å². The summed E-state index contributed by atoms with van der Waals surface area (Å²) < 4.78 is 0. The maximum Gasteiger partial charge on any atom is 0.306 e. The SMILES string of the molecule is CCCC(C)(C)CNC(=O)CC(C)C(=O)O. The summed E-state index contributed by atoms with van der Waals surface area (Å²) in [6, 6.07) is 0. The normalized spacial score (nSPS) is 13.2. The predicted octanol–water partition coefficient (Wildman–Crippen LogP) is 2.04. The largest absolute Gasteiger partial charge is 0.481 e. The van der Waals surface area contributed by atoms with Crippen LogP contribution in [-0.2, 0) is 9.59 Å². The number of hydrogen-bond donors (Lipinski definition) is 2. The summed E-state index contributed by atoms with van der Waals surface area (Å²) in [5.41, 5.74) is 0.0802. The highest BCUT2D eigenvalue weighted by molar-refractivity contribution is 5.81. The summed E-state index contributed by atoms with van der Waals surface area (Å²) in [6.45, 7) is 8.44. The lowest BCUT2D eigenvalue weighted by Gasteiger charge is -2.24. The first-order valence-electron chi connectivity index (χ1n) is 5.78. The number of carboxylic acids is 1. The molecule has 4 nitrogen and oxygen atoms in total. The lowest BCUT2D eigenvalue weighted by Crippen LogP contribution is -2.35. The summed E-state index contributed by atoms with van der Waals surface area (Å²) in [5, 5.41) is 11.5. The Balaban J connectivity index is 3.94. The molecule has 0 aliphatic carbocycles. The van der Waals surface area contributed by atoms with E-state index in [1.54, 1.807) is 6.92 Å². The van der Waals surface area contributed by atoms with Crippen molar-refractivity contribution >= 4 is 11.9 Å². The Bertz CT molecular complexity index is 249. The van der Waals surface area contributed by atoms with Crippen molar-refractivity contribution in [3.05, 3.63) is 0 Å². The summed E-state index contributed by atoms with van der Waals surface area (Å²) in [5.74, 6) is -1.73. The number of amides is 1. The minimum absolute atomic E-state index is 0.0531. The van der Waals surface area contributed by atoms with Gasteiger partial charge in [0, 0.05) is 13.0 Å². The molecule has 1 atom stereocenters. The molecule has 0 radical (unpaired) electrons. The zero-order valence-corrected chi connectivity index (χ0v) is 10.7. The Morgan fingerprint density at radius 2 is 1.94 bits per heavy atom. The number of rotatable bonds is 7. The molecule has 0 aromatic heterocycles. The van der Waals surface area contributed by atoms with Crippen LogP contribution in [-0.4, -0.2) is 23.5 Å². The molecule has 0 saturated heterocycles. The van der Waals surface area contributed by atoms with Crippen LogP contribution in [0.5, 0.6) is 0 Å². The Morgan fingerprint density at radius 1 is 1.38 bits per heavy atom. The summed E-state index contributed by atoms with van der Waals surface area (Å²) >= 11 is 0. The summed E-state index contributed by atoms with van der Waals surface area (Å²) in [6.07, 6.45) is 2.17. The zero-order chi connectivity index (χ0) is 12.8. The number of carboxylic acid groups (broad SMARTS) is 1. The molecule has 0 aliphatic rings. The van der Waals surface area contributed by atoms with E-state index in [-0.39, 0.29) is 17.7 Å². The predicted molar refractivity (Wildman–Crippen MR) is 63.1 cm³/mol. The molecule has 0 fully saturated rings. The van der Waals surface area contributed by atoms with Gasteiger partial charge in [0.15, 0.2) is 0 Å². The van der Waals surface area contributed by atoms with Gasteiger partial charge >= 0.3 is 5.97 Å². The van der Waals surface area contributed by atoms with Gasteiger partial charge in [-0.3, -0.25) is 9.59 Å². The maximum absolute atomic E-state index is 11.4. The van der Waals surface area contributed by atoms with Crippen LogP contribution < -0.4 is 5.32 Å². The van der Waals surface area contributed by atoms with Crippen molar-refractivity contribution in [2.45, 2.75) is 47.0 Å². The number of carbonyl (C=O) groups excluding carboxylic acids is 1. The maximum atomic E-state index is 11.4. The van der Waals surface area contributed by atoms with E-state index >= 15 is 0 Å². The van der Waals surface area contributed by atoms with Gasteiger partial charge in [0.25, 0.3) is 0 Å². The first kappa shape index (κ1) is 14.9. The molecule has 0 bridgehead atoms. The van der Waals surface area contributed by atoms with Crippen LogP contribution in [0.15, 0.2) is 0 Å². The van der Waals surface area contributed by atoms with Crippen LogP contribution >= 0.6 is 0 Å². The fourth-order valence-electron chi connectivity index (χ4n) is 1.54. The lowest BCUT2D eigenvalue weighted by atomic mass is 9.88. The third kappa shape index (κ3) is 6.43. The second-order valence-electron chi connectivity index (χ2n) is 5.13. The van der Waals surface area contributed by atoms with Crippen LogP contribution in [0.4, 0.5) is 0 Å². The van der Waals surface area contributed by atoms with Crippen LogP contribution in [0.3, 0.4) is 0 Å². The molecular formula is C12H23NO3. The van der Waals surface area contributed by atoms with Gasteiger partial charge in [0.2, 0.25) is 5.91 Å². The van der Waals surface area contributed by atoms with Gasteiger partial charge in [-0.05, 0) is 11.8 Å². The van der Waals surface area contributed by atoms with E-state index in [2.05, 4.69) is 26.1 Å². The van der Waals surface area contributed by atoms with Crippen LogP contribution in [0.1, 0.15) is 47.0 Å². The molecule has 4 heteroatoms. The van der Waals surface area contributed by atoms with E-state index in [0.717, 1.165) is 12.8 Å². The molecule has 0 heterocycles. The van der Waals surface area contributed by atoms with E-state index < -0.39 is 11.9 Å². The summed E-state index contributed by atoms with van der Waals surface area (Å²) in [4.78, 5) is 22.0. The second kappa shape index (κ2) is 6.51. The first-order valence-corrected chi connectivity index (χ1v) is 5.78. The first-order chi connectivity index (χ1) is 7.28. The molecular weight excluding hydrogens is 206 g/mol. The second-order valence-corrected chi connectivity index (χ2v) is 5.13. The number of aliphatic carboxylic acids is 1. The molecule has 0 saturated carbocycles. The van der Waals surface area contributed by atoms with E-state index in [0.29, 0.717) is 6.54 Å². The molecule has 0 rings (SSSR count). The highest BCUT2D eigenvalue weighted by Gasteiger charge is 2.20. The van der Waals surface area contributed by atoms with Gasteiger partial charge in [0.1, 0.15) is 0 Å². The molecule has 0 aromatic rings. The molecule has 94 valence electrons. The standard InChI is InChI=1S/C12H23NO3/c1-5-6-12(3,4)8-13-10(14)7-9(2)11(15)16/h9H,5-8H2,1-4H3,(H,13,14)(H,15,16). The average molecular weight is 229 g/mol. The van der Waals surface area contributed by atoms with Crippen molar-refractivity contribution in [3.8, 4) is 0 Å². The van der Waals surface area contributed by atoms with Crippen LogP contribution in [0.2, 0.25) is 0 Å². The fraction of sp³-hybridized carbons (Fsp3) is 0.833. The number of hydrogen-bond acceptors (Lipinski definition) is 2. The van der Waals surface area contributed by atoms with E-state index in [9.17, 15) is 9.59 Å². The van der Waals surface area contributed by atoms with E-state index in [1.165, 1.54) is 0 Å². The molecule has 2 N–H and O–H groups in total. The third-order valence-electron chi connectivity index (χ3n) is 2.60. The van der Waals surface area contributed by atoms with Gasteiger partial charge in [0.05, 0.1) is 5.92 Å². The highest BCUT2D eigenvalue weighted by atomic mass is 16.4. The van der Waals surface area contributed by atoms with Crippen LogP contribution in [0, 0.1) is 11.3 Å². The van der Waals surface area contributed by atoms with Crippen LogP contribution in [0.25, 0.3) is 0 Å². The van der Waals surface area contributed by atoms with Gasteiger partial charge in [-0.2, -0.15) is 0 Å². The molecule has 0 aliphatic heterocycles. The third-order valence-corrected chi connectivity index (χ3v) is 2.60. The molecule has 0 aromatic carbocycles. The van der Waals surface area contributed by atoms with Crippen molar-refractivity contribution in [1.82, 2.24) is 5.32 Å². The van der Waals surface area contributed by atoms with Gasteiger partial charge in [-0.1, -0.05) is 34.1 Å². The van der Waals surface area contributed by atoms with Gasteiger partial charge in [-0.15, -0.1) is 0 Å². The zero-order valence-electron chi connectivity index (χ0n) is 10.7. The molecule has 16 heavy (non-hydrogen) atoms. The van der Waals surface area contributed by atoms with E-state index in [1.807, 2.05) is 0 Å². The van der Waals surface area contributed by atoms with Crippen molar-refractivity contribution in [3.63, 3.8) is 0 Å². The van der Waals surface area contributed by atoms with Crippen molar-refractivity contribution < 1.29 is 14.7 Å². The van der Waals surface area contributed by atoms with E-state index in [4.69, 9.17) is 5.11 Å². The summed E-state index contributed by atoms with van der Waals surface area (Å²) in [7, 11) is 0. The fourth-order valence-corrected chi connectivity index (χ4v) is 1.54. The molecule has 1 unspecified atom stereocenters. The Kier molecular flexibility index (Phi) is 6.08. The smallest absolute Gasteiger partial charge is 0.306 e. The Labute approximate surface area is 97.4 Å². The number of carbonyl (C=O) groups is 2. The minimum Gasteiger partial charge on any atom is -0.481 e. The Hall–Kier alpha value is -1.06. The van der Waals surface area contributed by atoms with Crippen molar-refractivity contribution in [1.29, 1.82) is 0 Å². The molecule has 0 spiro atoms. The lowest BCUT2D eigenvalue weighted by molar-refractivity contribution is -0.143. The average Bonchev–Trinajstić information content (AvgIpc) is 2.14. The monoisotopic (exact) mass is 229 g/mol. The highest BCUT2D eigenvalue weighted by Crippen LogP contribution is 2.20. The minimum atomic E-state index is -0.928. The van der Waals surface area contributed by atoms with Gasteiger partial charge < -0.3 is 10.4 Å². The Morgan fingerprint density at radius 3 is 2.38 bits per heavy atom. The molecule has 1 amide bonds. The van der Waals surface area contributed by atoms with Crippen molar-refractivity contribution in [2.75, 3.05) is 6.54 Å². The van der Waals surface area contributed by atoms with Gasteiger partial charge in [-0.25, -0.2) is 0 Å². The number of nitrogens with one attached hydrogen (secondary N) is 1. The topological polar surface area (TPSA) is 66.4 Å².